The van der Waals surface area contributed by atoms with Crippen molar-refractivity contribution in [1.29, 1.82) is 0 Å². The Bertz CT molecular complexity index is 385. The van der Waals surface area contributed by atoms with Crippen LogP contribution in [-0.4, -0.2) is 29.7 Å². The van der Waals surface area contributed by atoms with Crippen LogP contribution in [0.15, 0.2) is 0 Å². The second kappa shape index (κ2) is 6.67. The van der Waals surface area contributed by atoms with Crippen molar-refractivity contribution in [2.75, 3.05) is 6.54 Å². The van der Waals surface area contributed by atoms with Gasteiger partial charge in [0.15, 0.2) is 0 Å². The maximum absolute atomic E-state index is 11.8. The molecule has 0 aliphatic heterocycles. The number of aliphatic carboxylic acids is 1. The van der Waals surface area contributed by atoms with Crippen LogP contribution in [0.3, 0.4) is 0 Å². The summed E-state index contributed by atoms with van der Waals surface area (Å²) in [6.07, 6.45) is 2.67. The number of carboxylic acid groups (broad SMARTS) is 1. The molecule has 1 rings (SSSR count). The summed E-state index contributed by atoms with van der Waals surface area (Å²) < 4.78 is 0. The lowest BCUT2D eigenvalue weighted by Crippen LogP contribution is -2.39. The predicted octanol–water partition coefficient (Wildman–Crippen LogP) is 3.00. The Kier molecular flexibility index (Phi) is 5.65. The lowest BCUT2D eigenvalue weighted by molar-refractivity contribution is -0.137. The molecule has 1 saturated carbocycles. The molecule has 0 radical (unpaired) electrons. The van der Waals surface area contributed by atoms with Crippen LogP contribution in [0.5, 0.6) is 0 Å². The Morgan fingerprint density at radius 1 is 1.29 bits per heavy atom. The third-order valence-electron chi connectivity index (χ3n) is 4.53. The maximum atomic E-state index is 11.8. The summed E-state index contributed by atoms with van der Waals surface area (Å²) in [5.41, 5.74) is 0.277. The van der Waals surface area contributed by atoms with E-state index in [1.807, 2.05) is 0 Å². The second-order valence-electron chi connectivity index (χ2n) is 7.93. The maximum Gasteiger partial charge on any atom is 0.315 e. The van der Waals surface area contributed by atoms with E-state index in [0.29, 0.717) is 13.0 Å². The van der Waals surface area contributed by atoms with Crippen LogP contribution in [-0.2, 0) is 4.79 Å². The first-order valence-electron chi connectivity index (χ1n) is 7.78. The van der Waals surface area contributed by atoms with Gasteiger partial charge < -0.3 is 15.7 Å². The van der Waals surface area contributed by atoms with Gasteiger partial charge in [-0.1, -0.05) is 34.6 Å². The van der Waals surface area contributed by atoms with Gasteiger partial charge in [0.05, 0.1) is 0 Å². The number of carboxylic acids is 1. The highest BCUT2D eigenvalue weighted by Crippen LogP contribution is 2.44. The molecular weight excluding hydrogens is 268 g/mol. The highest BCUT2D eigenvalue weighted by Gasteiger charge is 2.46. The molecule has 122 valence electrons. The molecule has 3 N–H and O–H groups in total. The molecule has 21 heavy (non-hydrogen) atoms. The van der Waals surface area contributed by atoms with Crippen molar-refractivity contribution >= 4 is 12.0 Å². The second-order valence-corrected chi connectivity index (χ2v) is 7.93. The quantitative estimate of drug-likeness (QED) is 0.676. The molecule has 0 aromatic rings. The number of rotatable bonds is 7. The lowest BCUT2D eigenvalue weighted by atomic mass is 9.76. The standard InChI is InChI=1S/C16H30N2O3/c1-15(2,3)11(6-7-13(19)20)8-9-17-14(21)18-12-10-16(12,4)5/h11-12H,6-10H2,1-5H3,(H,19,20)(H2,17,18,21). The molecule has 1 fully saturated rings. The Balaban J connectivity index is 2.29. The number of carbonyl (C=O) groups is 2. The van der Waals surface area contributed by atoms with Gasteiger partial charge in [-0.2, -0.15) is 0 Å². The van der Waals surface area contributed by atoms with Crippen molar-refractivity contribution in [1.82, 2.24) is 10.6 Å². The number of nitrogens with one attached hydrogen (secondary N) is 2. The van der Waals surface area contributed by atoms with Crippen molar-refractivity contribution in [3.05, 3.63) is 0 Å². The number of hydrogen-bond donors (Lipinski definition) is 3. The molecule has 0 aromatic heterocycles. The summed E-state index contributed by atoms with van der Waals surface area (Å²) in [5.74, 6) is -0.475. The predicted molar refractivity (Wildman–Crippen MR) is 83.2 cm³/mol. The Morgan fingerprint density at radius 3 is 2.29 bits per heavy atom. The van der Waals surface area contributed by atoms with Crippen LogP contribution in [0.1, 0.15) is 60.3 Å². The smallest absolute Gasteiger partial charge is 0.315 e. The largest absolute Gasteiger partial charge is 0.481 e. The van der Waals surface area contributed by atoms with Gasteiger partial charge in [-0.05, 0) is 36.0 Å². The normalized spacial score (nSPS) is 21.5. The zero-order valence-corrected chi connectivity index (χ0v) is 14.0. The van der Waals surface area contributed by atoms with Crippen LogP contribution in [0.4, 0.5) is 4.79 Å². The number of amides is 2. The van der Waals surface area contributed by atoms with Gasteiger partial charge >= 0.3 is 12.0 Å². The van der Waals surface area contributed by atoms with Gasteiger partial charge in [0.1, 0.15) is 0 Å². The third-order valence-corrected chi connectivity index (χ3v) is 4.53. The lowest BCUT2D eigenvalue weighted by Gasteiger charge is -2.30. The van der Waals surface area contributed by atoms with Crippen LogP contribution in [0.2, 0.25) is 0 Å². The van der Waals surface area contributed by atoms with Crippen LogP contribution >= 0.6 is 0 Å². The van der Waals surface area contributed by atoms with E-state index < -0.39 is 5.97 Å². The summed E-state index contributed by atoms with van der Waals surface area (Å²) in [6, 6.07) is 0.166. The minimum absolute atomic E-state index is 0.0477. The fourth-order valence-electron chi connectivity index (χ4n) is 2.59. The molecule has 1 aliphatic carbocycles. The summed E-state index contributed by atoms with van der Waals surface area (Å²) in [4.78, 5) is 22.5. The minimum atomic E-state index is -0.758. The zero-order chi connectivity index (χ0) is 16.3. The first-order chi connectivity index (χ1) is 9.52. The average Bonchev–Trinajstić information content (AvgIpc) is 2.88. The Labute approximate surface area is 127 Å². The van der Waals surface area contributed by atoms with E-state index in [1.165, 1.54) is 0 Å². The number of hydrogen-bond acceptors (Lipinski definition) is 2. The van der Waals surface area contributed by atoms with E-state index in [2.05, 4.69) is 45.3 Å². The fraction of sp³-hybridized carbons (Fsp3) is 0.875. The molecule has 0 aromatic carbocycles. The zero-order valence-electron chi connectivity index (χ0n) is 14.0. The molecule has 0 heterocycles. The van der Waals surface area contributed by atoms with Gasteiger partial charge in [0.2, 0.25) is 0 Å². The van der Waals surface area contributed by atoms with Crippen LogP contribution in [0.25, 0.3) is 0 Å². The summed E-state index contributed by atoms with van der Waals surface area (Å²) in [5, 5.41) is 14.7. The fourth-order valence-corrected chi connectivity index (χ4v) is 2.59. The van der Waals surface area contributed by atoms with E-state index in [4.69, 9.17) is 5.11 Å². The molecule has 5 heteroatoms. The van der Waals surface area contributed by atoms with E-state index in [-0.39, 0.29) is 35.2 Å². The molecule has 2 atom stereocenters. The molecule has 1 aliphatic rings. The molecule has 0 saturated heterocycles. The van der Waals surface area contributed by atoms with Gasteiger partial charge in [0.25, 0.3) is 0 Å². The van der Waals surface area contributed by atoms with Gasteiger partial charge in [0, 0.05) is 19.0 Å². The first kappa shape index (κ1) is 17.8. The number of urea groups is 1. The molecule has 2 amide bonds. The SMILES string of the molecule is CC(C)(C)C(CCNC(=O)NC1CC1(C)C)CCC(=O)O. The van der Waals surface area contributed by atoms with Crippen LogP contribution in [0, 0.1) is 16.7 Å². The number of carbonyl (C=O) groups excluding carboxylic acids is 1. The monoisotopic (exact) mass is 298 g/mol. The van der Waals surface area contributed by atoms with E-state index >= 15 is 0 Å². The van der Waals surface area contributed by atoms with Crippen molar-refractivity contribution in [3.63, 3.8) is 0 Å². The molecule has 2 unspecified atom stereocenters. The van der Waals surface area contributed by atoms with Crippen molar-refractivity contribution in [2.45, 2.75) is 66.3 Å². The van der Waals surface area contributed by atoms with E-state index in [0.717, 1.165) is 12.8 Å². The summed E-state index contributed by atoms with van der Waals surface area (Å²) >= 11 is 0. The Hall–Kier alpha value is -1.26. The minimum Gasteiger partial charge on any atom is -0.481 e. The summed E-state index contributed by atoms with van der Waals surface area (Å²) in [6.45, 7) is 11.2. The van der Waals surface area contributed by atoms with Crippen molar-refractivity contribution in [2.24, 2.45) is 16.7 Å². The van der Waals surface area contributed by atoms with Crippen molar-refractivity contribution in [3.8, 4) is 0 Å². The Morgan fingerprint density at radius 2 is 1.86 bits per heavy atom. The van der Waals surface area contributed by atoms with Crippen molar-refractivity contribution < 1.29 is 14.7 Å². The first-order valence-corrected chi connectivity index (χ1v) is 7.78. The van der Waals surface area contributed by atoms with Gasteiger partial charge in [-0.3, -0.25) is 4.79 Å². The van der Waals surface area contributed by atoms with Gasteiger partial charge in [-0.15, -0.1) is 0 Å². The third kappa shape index (κ3) is 6.36. The molecule has 0 bridgehead atoms. The highest BCUT2D eigenvalue weighted by molar-refractivity contribution is 5.74. The topological polar surface area (TPSA) is 78.4 Å². The molecule has 0 spiro atoms. The summed E-state index contributed by atoms with van der Waals surface area (Å²) in [7, 11) is 0. The van der Waals surface area contributed by atoms with E-state index in [1.54, 1.807) is 0 Å². The average molecular weight is 298 g/mol. The highest BCUT2D eigenvalue weighted by atomic mass is 16.4. The molecule has 5 nitrogen and oxygen atoms in total. The van der Waals surface area contributed by atoms with E-state index in [9.17, 15) is 9.59 Å². The molecular formula is C16H30N2O3. The van der Waals surface area contributed by atoms with Gasteiger partial charge in [-0.25, -0.2) is 4.79 Å². The van der Waals surface area contributed by atoms with Crippen LogP contribution < -0.4 is 10.6 Å².